The first-order valence-corrected chi connectivity index (χ1v) is 13.0. The van der Waals surface area contributed by atoms with E-state index in [1.54, 1.807) is 0 Å². The number of unbranched alkanes of at least 4 members (excludes halogenated alkanes) is 2. The van der Waals surface area contributed by atoms with Crippen LogP contribution < -0.4 is 14.4 Å². The van der Waals surface area contributed by atoms with Gasteiger partial charge in [0, 0.05) is 31.4 Å². The van der Waals surface area contributed by atoms with Crippen LogP contribution in [0, 0.1) is 16.7 Å². The van der Waals surface area contributed by atoms with Gasteiger partial charge in [-0.3, -0.25) is 0 Å². The lowest BCUT2D eigenvalue weighted by Crippen LogP contribution is -2.08. The number of rotatable bonds is 13. The molecule has 4 heteroatoms. The van der Waals surface area contributed by atoms with Crippen LogP contribution in [-0.2, 0) is 13.0 Å². The third kappa shape index (κ3) is 7.78. The normalized spacial score (nSPS) is 11.1. The summed E-state index contributed by atoms with van der Waals surface area (Å²) in [6.07, 6.45) is 4.86. The first-order valence-electron chi connectivity index (χ1n) is 13.0. The number of nitrogens with zero attached hydrogens (tertiary/aromatic N) is 2. The summed E-state index contributed by atoms with van der Waals surface area (Å²) in [4.78, 5) is 2.12. The van der Waals surface area contributed by atoms with Crippen LogP contribution >= 0.6 is 0 Å². The van der Waals surface area contributed by atoms with Crippen molar-refractivity contribution < 1.29 is 9.47 Å². The summed E-state index contributed by atoms with van der Waals surface area (Å²) in [6, 6.07) is 25.5. The van der Waals surface area contributed by atoms with E-state index < -0.39 is 0 Å². The lowest BCUT2D eigenvalue weighted by molar-refractivity contribution is 0.286. The number of benzene rings is 3. The van der Waals surface area contributed by atoms with E-state index in [1.165, 1.54) is 5.56 Å². The number of ether oxygens (including phenoxy) is 2. The van der Waals surface area contributed by atoms with E-state index in [4.69, 9.17) is 9.47 Å². The highest BCUT2D eigenvalue weighted by atomic mass is 16.5. The molecule has 0 aliphatic carbocycles. The zero-order valence-corrected chi connectivity index (χ0v) is 22.5. The number of hydrogen-bond donors (Lipinski definition) is 0. The predicted molar refractivity (Wildman–Crippen MR) is 150 cm³/mol. The van der Waals surface area contributed by atoms with Crippen molar-refractivity contribution in [3.63, 3.8) is 0 Å². The standard InChI is InChI=1S/C32H40N2O2/c1-6-26-21-29(27-16-13-17-28(20-27)34(4)5)31(36-23-25-14-9-7-10-15-25)22-30(26)35-19-12-8-11-18-32(2,3)24-33/h7,9-10,13-17,20-22H,6,8,11-12,18-19,23H2,1-5H3. The molecular weight excluding hydrogens is 444 g/mol. The minimum atomic E-state index is -0.249. The van der Waals surface area contributed by atoms with Gasteiger partial charge in [-0.2, -0.15) is 5.26 Å². The summed E-state index contributed by atoms with van der Waals surface area (Å²) in [5, 5.41) is 9.20. The van der Waals surface area contributed by atoms with E-state index in [0.717, 1.165) is 66.0 Å². The maximum Gasteiger partial charge on any atom is 0.131 e. The molecule has 0 atom stereocenters. The van der Waals surface area contributed by atoms with Crippen molar-refractivity contribution in [2.45, 2.75) is 59.5 Å². The highest BCUT2D eigenvalue weighted by molar-refractivity contribution is 5.75. The van der Waals surface area contributed by atoms with Crippen LogP contribution in [0.4, 0.5) is 5.69 Å². The van der Waals surface area contributed by atoms with Gasteiger partial charge in [0.2, 0.25) is 0 Å². The van der Waals surface area contributed by atoms with Crippen molar-refractivity contribution >= 4 is 5.69 Å². The number of nitriles is 1. The van der Waals surface area contributed by atoms with Gasteiger partial charge in [-0.1, -0.05) is 62.2 Å². The second kappa shape index (κ2) is 13.0. The van der Waals surface area contributed by atoms with Crippen LogP contribution in [0.25, 0.3) is 11.1 Å². The lowest BCUT2D eigenvalue weighted by Gasteiger charge is -2.19. The number of anilines is 1. The molecule has 0 aliphatic rings. The number of aryl methyl sites for hydroxylation is 1. The Bertz CT molecular complexity index is 1150. The van der Waals surface area contributed by atoms with Crippen LogP contribution in [0.15, 0.2) is 66.7 Å². The predicted octanol–water partition coefficient (Wildman–Crippen LogP) is 8.05. The lowest BCUT2D eigenvalue weighted by atomic mass is 9.89. The molecule has 0 amide bonds. The fourth-order valence-electron chi connectivity index (χ4n) is 4.13. The van der Waals surface area contributed by atoms with Gasteiger partial charge in [0.1, 0.15) is 18.1 Å². The highest BCUT2D eigenvalue weighted by Gasteiger charge is 2.16. The van der Waals surface area contributed by atoms with Gasteiger partial charge < -0.3 is 14.4 Å². The minimum absolute atomic E-state index is 0.249. The Kier molecular flexibility index (Phi) is 9.82. The van der Waals surface area contributed by atoms with Crippen molar-refractivity contribution in [3.05, 3.63) is 77.9 Å². The summed E-state index contributed by atoms with van der Waals surface area (Å²) in [5.74, 6) is 1.73. The molecule has 3 aromatic carbocycles. The van der Waals surface area contributed by atoms with Gasteiger partial charge in [0.15, 0.2) is 0 Å². The summed E-state index contributed by atoms with van der Waals surface area (Å²) in [7, 11) is 4.11. The SMILES string of the molecule is CCc1cc(-c2cccc(N(C)C)c2)c(OCc2ccccc2)cc1OCCCCCC(C)(C)C#N. The maximum atomic E-state index is 9.20. The molecule has 190 valence electrons. The third-order valence-corrected chi connectivity index (χ3v) is 6.46. The van der Waals surface area contributed by atoms with E-state index in [-0.39, 0.29) is 5.41 Å². The quantitative estimate of drug-likeness (QED) is 0.230. The van der Waals surface area contributed by atoms with Crippen LogP contribution in [0.1, 0.15) is 57.6 Å². The third-order valence-electron chi connectivity index (χ3n) is 6.46. The molecule has 3 aromatic rings. The molecular formula is C32H40N2O2. The van der Waals surface area contributed by atoms with Gasteiger partial charge in [-0.15, -0.1) is 0 Å². The van der Waals surface area contributed by atoms with Gasteiger partial charge in [-0.25, -0.2) is 0 Å². The molecule has 36 heavy (non-hydrogen) atoms. The van der Waals surface area contributed by atoms with Gasteiger partial charge >= 0.3 is 0 Å². The Morgan fingerprint density at radius 3 is 2.33 bits per heavy atom. The Hall–Kier alpha value is -3.45. The molecule has 0 aromatic heterocycles. The van der Waals surface area contributed by atoms with Gasteiger partial charge in [-0.05, 0) is 68.0 Å². The van der Waals surface area contributed by atoms with Crippen LogP contribution in [0.5, 0.6) is 11.5 Å². The molecule has 3 rings (SSSR count). The Morgan fingerprint density at radius 1 is 0.861 bits per heavy atom. The maximum absolute atomic E-state index is 9.20. The van der Waals surface area contributed by atoms with Crippen molar-refractivity contribution in [3.8, 4) is 28.7 Å². The molecule has 0 radical (unpaired) electrons. The van der Waals surface area contributed by atoms with Crippen LogP contribution in [-0.4, -0.2) is 20.7 Å². The second-order valence-corrected chi connectivity index (χ2v) is 10.2. The van der Waals surface area contributed by atoms with E-state index in [1.807, 2.05) is 32.0 Å². The average molecular weight is 485 g/mol. The second-order valence-electron chi connectivity index (χ2n) is 10.2. The highest BCUT2D eigenvalue weighted by Crippen LogP contribution is 2.38. The first kappa shape index (κ1) is 27.1. The summed E-state index contributed by atoms with van der Waals surface area (Å²) in [5.41, 5.74) is 5.43. The molecule has 0 spiro atoms. The van der Waals surface area contributed by atoms with Crippen molar-refractivity contribution in [1.29, 1.82) is 5.26 Å². The first-order chi connectivity index (χ1) is 17.3. The topological polar surface area (TPSA) is 45.5 Å². The Labute approximate surface area is 217 Å². The fraction of sp³-hybridized carbons (Fsp3) is 0.406. The molecule has 0 fully saturated rings. The van der Waals surface area contributed by atoms with Crippen molar-refractivity contribution in [1.82, 2.24) is 0 Å². The monoisotopic (exact) mass is 484 g/mol. The van der Waals surface area contributed by atoms with Crippen molar-refractivity contribution in [2.75, 3.05) is 25.6 Å². The van der Waals surface area contributed by atoms with Gasteiger partial charge in [0.25, 0.3) is 0 Å². The summed E-state index contributed by atoms with van der Waals surface area (Å²) < 4.78 is 12.7. The smallest absolute Gasteiger partial charge is 0.131 e. The molecule has 0 N–H and O–H groups in total. The molecule has 0 unspecified atom stereocenters. The molecule has 4 nitrogen and oxygen atoms in total. The molecule has 0 aliphatic heterocycles. The van der Waals surface area contributed by atoms with Crippen molar-refractivity contribution in [2.24, 2.45) is 5.41 Å². The fourth-order valence-corrected chi connectivity index (χ4v) is 4.13. The Balaban J connectivity index is 1.81. The van der Waals surface area contributed by atoms with E-state index >= 15 is 0 Å². The zero-order valence-electron chi connectivity index (χ0n) is 22.5. The molecule has 0 saturated heterocycles. The summed E-state index contributed by atoms with van der Waals surface area (Å²) >= 11 is 0. The molecule has 0 saturated carbocycles. The van der Waals surface area contributed by atoms with E-state index in [9.17, 15) is 5.26 Å². The van der Waals surface area contributed by atoms with E-state index in [0.29, 0.717) is 13.2 Å². The zero-order chi connectivity index (χ0) is 26.0. The van der Waals surface area contributed by atoms with Crippen LogP contribution in [0.2, 0.25) is 0 Å². The molecule has 0 bridgehead atoms. The Morgan fingerprint density at radius 2 is 1.64 bits per heavy atom. The average Bonchev–Trinajstić information content (AvgIpc) is 2.90. The van der Waals surface area contributed by atoms with Gasteiger partial charge in [0.05, 0.1) is 18.1 Å². The number of hydrogen-bond acceptors (Lipinski definition) is 4. The van der Waals surface area contributed by atoms with Crippen LogP contribution in [0.3, 0.4) is 0 Å². The minimum Gasteiger partial charge on any atom is -0.493 e. The summed E-state index contributed by atoms with van der Waals surface area (Å²) in [6.45, 7) is 7.33. The van der Waals surface area contributed by atoms with E-state index in [2.05, 4.69) is 80.5 Å². The molecule has 0 heterocycles. The largest absolute Gasteiger partial charge is 0.493 e.